The molecule has 0 aliphatic carbocycles. The largest absolute Gasteiger partial charge is 0.309 e. The van der Waals surface area contributed by atoms with Crippen LogP contribution >= 0.6 is 0 Å². The number of benzene rings is 4. The lowest BCUT2D eigenvalue weighted by molar-refractivity contribution is -0.117. The van der Waals surface area contributed by atoms with Gasteiger partial charge in [-0.3, -0.25) is 14.4 Å². The van der Waals surface area contributed by atoms with Crippen LogP contribution in [0, 0.1) is 0 Å². The van der Waals surface area contributed by atoms with Crippen molar-refractivity contribution < 1.29 is 22.8 Å². The van der Waals surface area contributed by atoms with E-state index >= 15 is 0 Å². The Bertz CT molecular complexity index is 1800. The summed E-state index contributed by atoms with van der Waals surface area (Å²) in [5, 5.41) is 0. The van der Waals surface area contributed by atoms with E-state index in [2.05, 4.69) is 0 Å². The molecule has 0 spiro atoms. The SMILES string of the molecule is CC(=O)N1c2ccccc2[C@H](N(C(=O)c2ccc3c(c2)S(=O)(=O)c2ccccc2C3=O)c2ccccc2)C[C@@H]1C. The van der Waals surface area contributed by atoms with Gasteiger partial charge in [-0.25, -0.2) is 8.42 Å². The molecule has 40 heavy (non-hydrogen) atoms. The molecule has 0 bridgehead atoms. The number of ketones is 1. The summed E-state index contributed by atoms with van der Waals surface area (Å²) in [6, 6.07) is 26.5. The normalized spacial score (nSPS) is 18.8. The van der Waals surface area contributed by atoms with Crippen molar-refractivity contribution in [1.82, 2.24) is 0 Å². The fourth-order valence-electron chi connectivity index (χ4n) is 5.89. The lowest BCUT2D eigenvalue weighted by Crippen LogP contribution is -2.47. The number of sulfone groups is 1. The molecule has 7 nitrogen and oxygen atoms in total. The molecule has 2 aliphatic rings. The van der Waals surface area contributed by atoms with Gasteiger partial charge in [-0.05, 0) is 67.4 Å². The van der Waals surface area contributed by atoms with Crippen molar-refractivity contribution in [2.24, 2.45) is 0 Å². The number of fused-ring (bicyclic) bond motifs is 3. The van der Waals surface area contributed by atoms with Gasteiger partial charge in [0.05, 0.1) is 15.8 Å². The summed E-state index contributed by atoms with van der Waals surface area (Å²) < 4.78 is 27.1. The van der Waals surface area contributed by atoms with Gasteiger partial charge in [0.15, 0.2) is 5.78 Å². The zero-order valence-electron chi connectivity index (χ0n) is 21.9. The van der Waals surface area contributed by atoms with E-state index in [0.717, 1.165) is 11.3 Å². The van der Waals surface area contributed by atoms with Crippen molar-refractivity contribution >= 4 is 38.8 Å². The van der Waals surface area contributed by atoms with Gasteiger partial charge >= 0.3 is 0 Å². The van der Waals surface area contributed by atoms with E-state index < -0.39 is 27.6 Å². The van der Waals surface area contributed by atoms with Gasteiger partial charge in [-0.15, -0.1) is 0 Å². The number of carbonyl (C=O) groups excluding carboxylic acids is 3. The molecule has 2 heterocycles. The Morgan fingerprint density at radius 1 is 0.825 bits per heavy atom. The number of rotatable bonds is 3. The highest BCUT2D eigenvalue weighted by molar-refractivity contribution is 7.91. The fraction of sp³-hybridized carbons (Fsp3) is 0.156. The molecule has 2 aliphatic heterocycles. The molecule has 0 fully saturated rings. The molecule has 6 rings (SSSR count). The zero-order chi connectivity index (χ0) is 28.2. The first-order chi connectivity index (χ1) is 19.2. The highest BCUT2D eigenvalue weighted by Crippen LogP contribution is 2.43. The number of nitrogens with zero attached hydrogens (tertiary/aromatic N) is 2. The molecule has 2 amide bonds. The van der Waals surface area contributed by atoms with Gasteiger partial charge in [-0.2, -0.15) is 0 Å². The Labute approximate surface area is 232 Å². The van der Waals surface area contributed by atoms with Crippen molar-refractivity contribution in [3.05, 3.63) is 119 Å². The second-order valence-corrected chi connectivity index (χ2v) is 12.0. The number of carbonyl (C=O) groups is 3. The topological polar surface area (TPSA) is 91.8 Å². The fourth-order valence-corrected chi connectivity index (χ4v) is 7.57. The third kappa shape index (κ3) is 3.95. The summed E-state index contributed by atoms with van der Waals surface area (Å²) in [7, 11) is -4.02. The predicted molar refractivity (Wildman–Crippen MR) is 151 cm³/mol. The molecule has 0 radical (unpaired) electrons. The molecule has 0 saturated carbocycles. The van der Waals surface area contributed by atoms with Crippen LogP contribution < -0.4 is 9.80 Å². The van der Waals surface area contributed by atoms with Crippen LogP contribution in [0.2, 0.25) is 0 Å². The second kappa shape index (κ2) is 9.57. The van der Waals surface area contributed by atoms with E-state index in [0.29, 0.717) is 12.1 Å². The van der Waals surface area contributed by atoms with Gasteiger partial charge in [0.25, 0.3) is 5.91 Å². The summed E-state index contributed by atoms with van der Waals surface area (Å²) in [4.78, 5) is 43.2. The van der Waals surface area contributed by atoms with E-state index in [9.17, 15) is 22.8 Å². The summed E-state index contributed by atoms with van der Waals surface area (Å²) in [5.41, 5.74) is 2.53. The molecule has 0 saturated heterocycles. The Kier molecular flexibility index (Phi) is 6.15. The molecule has 2 atom stereocenters. The first kappa shape index (κ1) is 25.7. The molecule has 200 valence electrons. The van der Waals surface area contributed by atoms with Crippen LogP contribution in [0.1, 0.15) is 58.2 Å². The average Bonchev–Trinajstić information content (AvgIpc) is 2.96. The quantitative estimate of drug-likeness (QED) is 0.292. The number of anilines is 2. The minimum Gasteiger partial charge on any atom is -0.309 e. The first-order valence-corrected chi connectivity index (χ1v) is 14.5. The van der Waals surface area contributed by atoms with Crippen LogP contribution in [0.3, 0.4) is 0 Å². The van der Waals surface area contributed by atoms with Gasteiger partial charge in [0, 0.05) is 41.0 Å². The summed E-state index contributed by atoms with van der Waals surface area (Å²) in [5.74, 6) is -0.877. The van der Waals surface area contributed by atoms with Gasteiger partial charge in [-0.1, -0.05) is 48.5 Å². The lowest BCUT2D eigenvalue weighted by atomic mass is 9.89. The van der Waals surface area contributed by atoms with Crippen LogP contribution in [0.25, 0.3) is 0 Å². The van der Waals surface area contributed by atoms with Crippen LogP contribution in [0.5, 0.6) is 0 Å². The molecule has 0 aromatic heterocycles. The predicted octanol–water partition coefficient (Wildman–Crippen LogP) is 5.60. The Hall–Kier alpha value is -4.56. The molecule has 0 unspecified atom stereocenters. The lowest BCUT2D eigenvalue weighted by Gasteiger charge is -2.43. The van der Waals surface area contributed by atoms with Gasteiger partial charge in [0.2, 0.25) is 15.7 Å². The Morgan fingerprint density at radius 2 is 1.48 bits per heavy atom. The minimum atomic E-state index is -4.02. The smallest absolute Gasteiger partial charge is 0.258 e. The molecular formula is C32H26N2O5S. The molecule has 0 N–H and O–H groups in total. The van der Waals surface area contributed by atoms with E-state index in [-0.39, 0.29) is 38.4 Å². The second-order valence-electron chi connectivity index (χ2n) is 10.1. The number of hydrogen-bond donors (Lipinski definition) is 0. The Morgan fingerprint density at radius 3 is 2.23 bits per heavy atom. The number of para-hydroxylation sites is 2. The monoisotopic (exact) mass is 550 g/mol. The van der Waals surface area contributed by atoms with E-state index in [1.165, 1.54) is 37.3 Å². The maximum atomic E-state index is 14.4. The van der Waals surface area contributed by atoms with Crippen LogP contribution in [0.15, 0.2) is 107 Å². The molecule has 4 aromatic carbocycles. The first-order valence-electron chi connectivity index (χ1n) is 13.0. The number of hydrogen-bond acceptors (Lipinski definition) is 5. The van der Waals surface area contributed by atoms with Crippen LogP contribution in [-0.4, -0.2) is 32.1 Å². The summed E-state index contributed by atoms with van der Waals surface area (Å²) in [6.45, 7) is 3.48. The maximum Gasteiger partial charge on any atom is 0.258 e. The third-order valence-electron chi connectivity index (χ3n) is 7.65. The third-order valence-corrected chi connectivity index (χ3v) is 9.50. The molecule has 4 aromatic rings. The van der Waals surface area contributed by atoms with Gasteiger partial charge < -0.3 is 9.80 Å². The van der Waals surface area contributed by atoms with Crippen LogP contribution in [0.4, 0.5) is 11.4 Å². The highest BCUT2D eigenvalue weighted by atomic mass is 32.2. The molecular weight excluding hydrogens is 524 g/mol. The average molecular weight is 551 g/mol. The van der Waals surface area contributed by atoms with Crippen molar-refractivity contribution in [2.45, 2.75) is 42.1 Å². The standard InChI is InChI=1S/C32H26N2O5S/c1-20-18-28(24-12-6-8-14-27(24)33(20)21(2)35)34(23-10-4-3-5-11-23)32(37)22-16-17-26-30(19-22)40(38,39)29-15-9-7-13-25(29)31(26)36/h3-17,19-20,28H,18H2,1-2H3/t20-,28+/m0/s1. The Balaban J connectivity index is 1.50. The van der Waals surface area contributed by atoms with E-state index in [4.69, 9.17) is 0 Å². The highest BCUT2D eigenvalue weighted by Gasteiger charge is 2.39. The molecule has 8 heteroatoms. The van der Waals surface area contributed by atoms with Gasteiger partial charge in [0.1, 0.15) is 0 Å². The van der Waals surface area contributed by atoms with Crippen molar-refractivity contribution in [3.8, 4) is 0 Å². The van der Waals surface area contributed by atoms with Crippen LogP contribution in [-0.2, 0) is 14.6 Å². The number of amides is 2. The summed E-state index contributed by atoms with van der Waals surface area (Å²) >= 11 is 0. The summed E-state index contributed by atoms with van der Waals surface area (Å²) in [6.07, 6.45) is 0.479. The zero-order valence-corrected chi connectivity index (χ0v) is 22.8. The van der Waals surface area contributed by atoms with Crippen molar-refractivity contribution in [2.75, 3.05) is 9.80 Å². The van der Waals surface area contributed by atoms with E-state index in [1.54, 1.807) is 21.9 Å². The van der Waals surface area contributed by atoms with Crippen molar-refractivity contribution in [1.29, 1.82) is 0 Å². The minimum absolute atomic E-state index is 0.0512. The maximum absolute atomic E-state index is 14.4. The van der Waals surface area contributed by atoms with Crippen molar-refractivity contribution in [3.63, 3.8) is 0 Å². The van der Waals surface area contributed by atoms with E-state index in [1.807, 2.05) is 61.5 Å².